The number of aromatic amines is 1. The fourth-order valence-corrected chi connectivity index (χ4v) is 3.87. The molecule has 0 atom stereocenters. The van der Waals surface area contributed by atoms with Gasteiger partial charge in [0.2, 0.25) is 0 Å². The van der Waals surface area contributed by atoms with Crippen molar-refractivity contribution in [3.63, 3.8) is 0 Å². The number of aromatic nitrogens is 2. The number of halogens is 2. The van der Waals surface area contributed by atoms with Crippen molar-refractivity contribution in [2.24, 2.45) is 0 Å². The third-order valence-corrected chi connectivity index (χ3v) is 5.30. The molecule has 1 aromatic heterocycles. The Morgan fingerprint density at radius 3 is 2.43 bits per heavy atom. The molecule has 4 heteroatoms. The van der Waals surface area contributed by atoms with Gasteiger partial charge in [-0.2, -0.15) is 5.10 Å². The first kappa shape index (κ1) is 14.8. The summed E-state index contributed by atoms with van der Waals surface area (Å²) >= 11 is 12.4. The highest BCUT2D eigenvalue weighted by atomic mass is 35.5. The summed E-state index contributed by atoms with van der Waals surface area (Å²) in [6.07, 6.45) is 2.29. The highest BCUT2D eigenvalue weighted by Crippen LogP contribution is 2.54. The van der Waals surface area contributed by atoms with E-state index in [4.69, 9.17) is 23.2 Å². The molecule has 3 aromatic rings. The molecule has 0 amide bonds. The van der Waals surface area contributed by atoms with E-state index in [-0.39, 0.29) is 5.41 Å². The minimum absolute atomic E-state index is 0.0789. The highest BCUT2D eigenvalue weighted by Gasteiger charge is 2.48. The Kier molecular flexibility index (Phi) is 3.47. The number of benzene rings is 2. The lowest BCUT2D eigenvalue weighted by atomic mass is 9.89. The molecular formula is C19H16Cl2N2. The lowest BCUT2D eigenvalue weighted by Gasteiger charge is -2.15. The summed E-state index contributed by atoms with van der Waals surface area (Å²) in [5, 5.41) is 9.09. The van der Waals surface area contributed by atoms with E-state index in [0.717, 1.165) is 29.7 Å². The van der Waals surface area contributed by atoms with E-state index in [1.54, 1.807) is 6.07 Å². The molecule has 1 N–H and O–H groups in total. The van der Waals surface area contributed by atoms with Crippen LogP contribution in [-0.2, 0) is 5.41 Å². The second kappa shape index (κ2) is 5.40. The Balaban J connectivity index is 1.80. The SMILES string of the molecule is Cc1c(-c2ccc(Cl)cc2Cl)n[nH]c1C1(c2ccccc2)CC1. The second-order valence-electron chi connectivity index (χ2n) is 6.14. The zero-order valence-corrected chi connectivity index (χ0v) is 14.2. The molecule has 1 saturated carbocycles. The summed E-state index contributed by atoms with van der Waals surface area (Å²) in [5.41, 5.74) is 5.61. The Morgan fingerprint density at radius 2 is 1.78 bits per heavy atom. The molecule has 0 bridgehead atoms. The summed E-state index contributed by atoms with van der Waals surface area (Å²) in [7, 11) is 0. The fraction of sp³-hybridized carbons (Fsp3) is 0.211. The van der Waals surface area contributed by atoms with Crippen molar-refractivity contribution in [3.8, 4) is 11.3 Å². The van der Waals surface area contributed by atoms with E-state index < -0.39 is 0 Å². The van der Waals surface area contributed by atoms with Gasteiger partial charge in [0, 0.05) is 21.7 Å². The molecule has 1 aliphatic carbocycles. The summed E-state index contributed by atoms with van der Waals surface area (Å²) < 4.78 is 0. The third-order valence-electron chi connectivity index (χ3n) is 4.75. The topological polar surface area (TPSA) is 28.7 Å². The molecule has 0 radical (unpaired) electrons. The van der Waals surface area contributed by atoms with E-state index in [0.29, 0.717) is 10.0 Å². The summed E-state index contributed by atoms with van der Waals surface area (Å²) in [6.45, 7) is 2.11. The average molecular weight is 343 g/mol. The van der Waals surface area contributed by atoms with Crippen molar-refractivity contribution in [2.75, 3.05) is 0 Å². The lowest BCUT2D eigenvalue weighted by molar-refractivity contribution is 0.785. The summed E-state index contributed by atoms with van der Waals surface area (Å²) in [4.78, 5) is 0. The van der Waals surface area contributed by atoms with Gasteiger partial charge in [0.15, 0.2) is 0 Å². The number of hydrogen-bond donors (Lipinski definition) is 1. The van der Waals surface area contributed by atoms with Crippen LogP contribution in [0.2, 0.25) is 10.0 Å². The normalized spacial score (nSPS) is 15.6. The number of nitrogens with zero attached hydrogens (tertiary/aromatic N) is 1. The van der Waals surface area contributed by atoms with Crippen LogP contribution in [-0.4, -0.2) is 10.2 Å². The molecule has 0 saturated heterocycles. The van der Waals surface area contributed by atoms with E-state index in [1.807, 2.05) is 12.1 Å². The van der Waals surface area contributed by atoms with Crippen LogP contribution in [0.4, 0.5) is 0 Å². The number of H-pyrrole nitrogens is 1. The molecule has 2 nitrogen and oxygen atoms in total. The maximum atomic E-state index is 6.35. The first-order valence-electron chi connectivity index (χ1n) is 7.68. The van der Waals surface area contributed by atoms with Crippen LogP contribution in [0, 0.1) is 6.92 Å². The molecule has 1 heterocycles. The average Bonchev–Trinajstić information content (AvgIpc) is 3.27. The maximum absolute atomic E-state index is 6.35. The summed E-state index contributed by atoms with van der Waals surface area (Å²) in [5.74, 6) is 0. The van der Waals surface area contributed by atoms with Crippen molar-refractivity contribution < 1.29 is 0 Å². The molecule has 2 aromatic carbocycles. The van der Waals surface area contributed by atoms with Gasteiger partial charge in [-0.1, -0.05) is 53.5 Å². The van der Waals surface area contributed by atoms with Gasteiger partial charge >= 0.3 is 0 Å². The molecule has 4 rings (SSSR count). The fourth-order valence-electron chi connectivity index (χ4n) is 3.37. The molecule has 1 fully saturated rings. The van der Waals surface area contributed by atoms with Gasteiger partial charge in [-0.15, -0.1) is 0 Å². The quantitative estimate of drug-likeness (QED) is 0.642. The highest BCUT2D eigenvalue weighted by molar-refractivity contribution is 6.36. The van der Waals surface area contributed by atoms with Gasteiger partial charge in [0.25, 0.3) is 0 Å². The standard InChI is InChI=1S/C19H16Cl2N2/c1-12-17(15-8-7-14(20)11-16(15)21)22-23-18(12)19(9-10-19)13-5-3-2-4-6-13/h2-8,11H,9-10H2,1H3,(H,22,23). The van der Waals surface area contributed by atoms with Crippen LogP contribution >= 0.6 is 23.2 Å². The van der Waals surface area contributed by atoms with E-state index in [9.17, 15) is 0 Å². The van der Waals surface area contributed by atoms with E-state index in [2.05, 4.69) is 47.5 Å². The third kappa shape index (κ3) is 2.37. The Hall–Kier alpha value is -1.77. The predicted molar refractivity (Wildman–Crippen MR) is 95.2 cm³/mol. The smallest absolute Gasteiger partial charge is 0.0967 e. The van der Waals surface area contributed by atoms with Crippen molar-refractivity contribution in [1.82, 2.24) is 10.2 Å². The molecule has 0 aliphatic heterocycles. The summed E-state index contributed by atoms with van der Waals surface area (Å²) in [6, 6.07) is 16.2. The van der Waals surface area contributed by atoms with Crippen molar-refractivity contribution in [3.05, 3.63) is 75.4 Å². The van der Waals surface area contributed by atoms with Crippen LogP contribution in [0.5, 0.6) is 0 Å². The first-order valence-corrected chi connectivity index (χ1v) is 8.44. The lowest BCUT2D eigenvalue weighted by Crippen LogP contribution is -2.10. The molecule has 1 aliphatic rings. The van der Waals surface area contributed by atoms with Gasteiger partial charge < -0.3 is 0 Å². The van der Waals surface area contributed by atoms with Crippen molar-refractivity contribution in [2.45, 2.75) is 25.2 Å². The maximum Gasteiger partial charge on any atom is 0.0967 e. The molecule has 0 spiro atoms. The van der Waals surface area contributed by atoms with E-state index in [1.165, 1.54) is 11.3 Å². The first-order chi connectivity index (χ1) is 11.1. The Morgan fingerprint density at radius 1 is 1.04 bits per heavy atom. The van der Waals surface area contributed by atoms with Crippen LogP contribution in [0.1, 0.15) is 29.7 Å². The van der Waals surface area contributed by atoms with Crippen LogP contribution in [0.25, 0.3) is 11.3 Å². The van der Waals surface area contributed by atoms with Crippen LogP contribution in [0.3, 0.4) is 0 Å². The molecule has 23 heavy (non-hydrogen) atoms. The number of hydrogen-bond acceptors (Lipinski definition) is 1. The van der Waals surface area contributed by atoms with Gasteiger partial charge in [0.05, 0.1) is 10.7 Å². The van der Waals surface area contributed by atoms with Crippen LogP contribution in [0.15, 0.2) is 48.5 Å². The van der Waals surface area contributed by atoms with Gasteiger partial charge in [-0.05, 0) is 49.1 Å². The van der Waals surface area contributed by atoms with Crippen molar-refractivity contribution >= 4 is 23.2 Å². The monoisotopic (exact) mass is 342 g/mol. The zero-order chi connectivity index (χ0) is 16.0. The second-order valence-corrected chi connectivity index (χ2v) is 6.99. The van der Waals surface area contributed by atoms with Gasteiger partial charge in [-0.3, -0.25) is 5.10 Å². The molecule has 0 unspecified atom stereocenters. The molecule has 116 valence electrons. The minimum atomic E-state index is 0.0789. The van der Waals surface area contributed by atoms with Crippen LogP contribution < -0.4 is 0 Å². The Bertz CT molecular complexity index is 864. The van der Waals surface area contributed by atoms with Gasteiger partial charge in [0.1, 0.15) is 0 Å². The Labute approximate surface area is 145 Å². The van der Waals surface area contributed by atoms with Gasteiger partial charge in [-0.25, -0.2) is 0 Å². The predicted octanol–water partition coefficient (Wildman–Crippen LogP) is 5.77. The number of nitrogens with one attached hydrogen (secondary N) is 1. The number of rotatable bonds is 3. The molecular weight excluding hydrogens is 327 g/mol. The largest absolute Gasteiger partial charge is 0.281 e. The van der Waals surface area contributed by atoms with Crippen molar-refractivity contribution in [1.29, 1.82) is 0 Å². The minimum Gasteiger partial charge on any atom is -0.281 e. The van der Waals surface area contributed by atoms with E-state index >= 15 is 0 Å². The zero-order valence-electron chi connectivity index (χ0n) is 12.7.